The molecule has 104 valence electrons. The van der Waals surface area contributed by atoms with Crippen molar-refractivity contribution in [2.24, 2.45) is 0 Å². The molecule has 0 bridgehead atoms. The van der Waals surface area contributed by atoms with E-state index in [-0.39, 0.29) is 19.8 Å². The number of benzene rings is 1. The molecule has 6 heteroatoms. The maximum Gasteiger partial charge on any atom is 0.411 e. The summed E-state index contributed by atoms with van der Waals surface area (Å²) in [6.45, 7) is -1.65. The third kappa shape index (κ3) is 7.34. The van der Waals surface area contributed by atoms with Gasteiger partial charge in [-0.2, -0.15) is 13.2 Å². The summed E-state index contributed by atoms with van der Waals surface area (Å²) >= 11 is 0. The molecule has 0 aliphatic carbocycles. The summed E-state index contributed by atoms with van der Waals surface area (Å²) in [6.07, 6.45) is -4.32. The molecule has 0 aromatic heterocycles. The molecule has 0 heterocycles. The van der Waals surface area contributed by atoms with Crippen LogP contribution in [-0.4, -0.2) is 37.7 Å². The van der Waals surface area contributed by atoms with Gasteiger partial charge >= 0.3 is 6.18 Å². The number of rotatable bonds is 5. The number of halogens is 3. The first-order valence-electron chi connectivity index (χ1n) is 5.48. The van der Waals surface area contributed by atoms with Crippen LogP contribution in [0.15, 0.2) is 24.3 Å². The second-order valence-electron chi connectivity index (χ2n) is 3.50. The third-order valence-corrected chi connectivity index (χ3v) is 1.91. The summed E-state index contributed by atoms with van der Waals surface area (Å²) in [4.78, 5) is 0. The largest absolute Gasteiger partial charge is 0.491 e. The van der Waals surface area contributed by atoms with Crippen molar-refractivity contribution < 1.29 is 27.8 Å². The Balaban J connectivity index is 2.33. The van der Waals surface area contributed by atoms with Crippen LogP contribution in [0.2, 0.25) is 0 Å². The first-order chi connectivity index (χ1) is 9.01. The average molecular weight is 274 g/mol. The Bertz CT molecular complexity index is 446. The van der Waals surface area contributed by atoms with Crippen LogP contribution in [0.4, 0.5) is 13.2 Å². The monoisotopic (exact) mass is 274 g/mol. The van der Waals surface area contributed by atoms with Crippen molar-refractivity contribution in [1.29, 1.82) is 0 Å². The molecule has 3 nitrogen and oxygen atoms in total. The molecule has 0 saturated heterocycles. The maximum absolute atomic E-state index is 11.8. The van der Waals surface area contributed by atoms with Crippen LogP contribution >= 0.6 is 0 Å². The quantitative estimate of drug-likeness (QED) is 0.659. The number of hydrogen-bond donors (Lipinski definition) is 1. The maximum atomic E-state index is 11.8. The minimum Gasteiger partial charge on any atom is -0.491 e. The van der Waals surface area contributed by atoms with Crippen molar-refractivity contribution in [3.63, 3.8) is 0 Å². The lowest BCUT2D eigenvalue weighted by molar-refractivity contribution is -0.175. The van der Waals surface area contributed by atoms with E-state index in [1.54, 1.807) is 24.3 Å². The minimum absolute atomic E-state index is 0.0208. The Labute approximate surface area is 109 Å². The second-order valence-corrected chi connectivity index (χ2v) is 3.50. The highest BCUT2D eigenvalue weighted by molar-refractivity contribution is 5.39. The van der Waals surface area contributed by atoms with Crippen LogP contribution in [0.25, 0.3) is 0 Å². The lowest BCUT2D eigenvalue weighted by Crippen LogP contribution is -2.19. The molecule has 1 N–H and O–H groups in total. The fourth-order valence-electron chi connectivity index (χ4n) is 1.21. The summed E-state index contributed by atoms with van der Waals surface area (Å²) < 4.78 is 44.9. The van der Waals surface area contributed by atoms with E-state index >= 15 is 0 Å². The SMILES string of the molecule is OCC#Cc1cccc(OCCOCC(F)(F)F)c1. The van der Waals surface area contributed by atoms with Gasteiger partial charge in [-0.1, -0.05) is 17.9 Å². The number of ether oxygens (including phenoxy) is 2. The highest BCUT2D eigenvalue weighted by Gasteiger charge is 2.27. The van der Waals surface area contributed by atoms with Crippen LogP contribution in [0.3, 0.4) is 0 Å². The predicted octanol–water partition coefficient (Wildman–Crippen LogP) is 1.99. The molecule has 0 saturated carbocycles. The topological polar surface area (TPSA) is 38.7 Å². The van der Waals surface area contributed by atoms with Gasteiger partial charge in [0.15, 0.2) is 0 Å². The standard InChI is InChI=1S/C13H13F3O3/c14-13(15,16)10-18-7-8-19-12-5-1-3-11(9-12)4-2-6-17/h1,3,5,9,17H,6-8,10H2. The molecular formula is C13H13F3O3. The number of aliphatic hydroxyl groups excluding tert-OH is 1. The Kier molecular flexibility index (Phi) is 6.19. The highest BCUT2D eigenvalue weighted by atomic mass is 19.4. The summed E-state index contributed by atoms with van der Waals surface area (Å²) in [5.41, 5.74) is 0.655. The molecule has 0 fully saturated rings. The number of alkyl halides is 3. The smallest absolute Gasteiger partial charge is 0.411 e. The van der Waals surface area contributed by atoms with Gasteiger partial charge in [0.25, 0.3) is 0 Å². The molecule has 0 spiro atoms. The number of hydrogen-bond acceptors (Lipinski definition) is 3. The Morgan fingerprint density at radius 3 is 2.68 bits per heavy atom. The van der Waals surface area contributed by atoms with Crippen LogP contribution in [0, 0.1) is 11.8 Å². The third-order valence-electron chi connectivity index (χ3n) is 1.91. The first kappa shape index (κ1) is 15.3. The van der Waals surface area contributed by atoms with Crippen molar-refractivity contribution in [2.75, 3.05) is 26.4 Å². The molecule has 0 amide bonds. The molecule has 0 radical (unpaired) electrons. The van der Waals surface area contributed by atoms with Gasteiger partial charge in [0.1, 0.15) is 25.6 Å². The van der Waals surface area contributed by atoms with Crippen molar-refractivity contribution in [2.45, 2.75) is 6.18 Å². The van der Waals surface area contributed by atoms with E-state index in [0.717, 1.165) is 0 Å². The minimum atomic E-state index is -4.32. The highest BCUT2D eigenvalue weighted by Crippen LogP contribution is 2.15. The molecule has 19 heavy (non-hydrogen) atoms. The van der Waals surface area contributed by atoms with Gasteiger partial charge in [-0.05, 0) is 18.2 Å². The average Bonchev–Trinajstić information content (AvgIpc) is 2.35. The Hall–Kier alpha value is -1.71. The van der Waals surface area contributed by atoms with Gasteiger partial charge in [0.05, 0.1) is 6.61 Å². The first-order valence-corrected chi connectivity index (χ1v) is 5.48. The van der Waals surface area contributed by atoms with E-state index in [2.05, 4.69) is 16.6 Å². The van der Waals surface area contributed by atoms with Gasteiger partial charge in [0.2, 0.25) is 0 Å². The van der Waals surface area contributed by atoms with Gasteiger partial charge < -0.3 is 14.6 Å². The van der Waals surface area contributed by atoms with Gasteiger partial charge in [-0.3, -0.25) is 0 Å². The van der Waals surface area contributed by atoms with Crippen LogP contribution in [-0.2, 0) is 4.74 Å². The summed E-state index contributed by atoms with van der Waals surface area (Å²) in [7, 11) is 0. The lowest BCUT2D eigenvalue weighted by atomic mass is 10.2. The van der Waals surface area contributed by atoms with E-state index in [1.165, 1.54) is 0 Å². The van der Waals surface area contributed by atoms with Crippen LogP contribution in [0.5, 0.6) is 5.75 Å². The molecule has 0 aliphatic heterocycles. The van der Waals surface area contributed by atoms with Gasteiger partial charge in [0, 0.05) is 5.56 Å². The zero-order valence-electron chi connectivity index (χ0n) is 10.0. The number of aliphatic hydroxyl groups is 1. The van der Waals surface area contributed by atoms with E-state index in [9.17, 15) is 13.2 Å². The predicted molar refractivity (Wildman–Crippen MR) is 62.8 cm³/mol. The lowest BCUT2D eigenvalue weighted by Gasteiger charge is -2.09. The fourth-order valence-corrected chi connectivity index (χ4v) is 1.21. The zero-order chi connectivity index (χ0) is 14.1. The van der Waals surface area contributed by atoms with E-state index < -0.39 is 12.8 Å². The van der Waals surface area contributed by atoms with Gasteiger partial charge in [-0.25, -0.2) is 0 Å². The molecule has 0 unspecified atom stereocenters. The van der Waals surface area contributed by atoms with E-state index in [4.69, 9.17) is 9.84 Å². The Morgan fingerprint density at radius 1 is 1.21 bits per heavy atom. The normalized spacial score (nSPS) is 10.7. The summed E-state index contributed by atoms with van der Waals surface area (Å²) in [5.74, 6) is 5.67. The molecule has 1 aromatic rings. The molecule has 1 aromatic carbocycles. The van der Waals surface area contributed by atoms with E-state index in [1.807, 2.05) is 0 Å². The Morgan fingerprint density at radius 2 is 2.00 bits per heavy atom. The van der Waals surface area contributed by atoms with Crippen molar-refractivity contribution in [3.05, 3.63) is 29.8 Å². The van der Waals surface area contributed by atoms with E-state index in [0.29, 0.717) is 11.3 Å². The molecule has 0 atom stereocenters. The molecule has 0 aliphatic rings. The summed E-state index contributed by atoms with van der Waals surface area (Å²) in [5, 5.41) is 8.55. The van der Waals surface area contributed by atoms with Crippen molar-refractivity contribution in [3.8, 4) is 17.6 Å². The molecule has 1 rings (SSSR count). The van der Waals surface area contributed by atoms with Gasteiger partial charge in [-0.15, -0.1) is 0 Å². The van der Waals surface area contributed by atoms with Crippen molar-refractivity contribution >= 4 is 0 Å². The van der Waals surface area contributed by atoms with Crippen LogP contribution in [0.1, 0.15) is 5.56 Å². The summed E-state index contributed by atoms with van der Waals surface area (Å²) in [6, 6.07) is 6.73. The molecular weight excluding hydrogens is 261 g/mol. The fraction of sp³-hybridized carbons (Fsp3) is 0.385. The second kappa shape index (κ2) is 7.67. The zero-order valence-corrected chi connectivity index (χ0v) is 10.0. The van der Waals surface area contributed by atoms with Crippen molar-refractivity contribution in [1.82, 2.24) is 0 Å². The van der Waals surface area contributed by atoms with Crippen LogP contribution < -0.4 is 4.74 Å².